The van der Waals surface area contributed by atoms with Crippen molar-refractivity contribution in [2.24, 2.45) is 0 Å². The van der Waals surface area contributed by atoms with Crippen LogP contribution in [0.25, 0.3) is 0 Å². The molecule has 0 spiro atoms. The average molecular weight is 196 g/mol. The fourth-order valence-electron chi connectivity index (χ4n) is 1.43. The second-order valence-corrected chi connectivity index (χ2v) is 3.39. The van der Waals surface area contributed by atoms with Gasteiger partial charge in [-0.2, -0.15) is 0 Å². The molecule has 0 atom stereocenters. The minimum atomic E-state index is -0.0978. The molecule has 0 unspecified atom stereocenters. The Morgan fingerprint density at radius 3 is 2.71 bits per heavy atom. The highest BCUT2D eigenvalue weighted by atomic mass is 16.6. The second kappa shape index (κ2) is 3.75. The van der Waals surface area contributed by atoms with Crippen molar-refractivity contribution in [3.8, 4) is 0 Å². The number of hydrogen-bond acceptors (Lipinski definition) is 5. The third kappa shape index (κ3) is 1.74. The molecule has 2 rings (SSSR count). The van der Waals surface area contributed by atoms with E-state index in [1.165, 1.54) is 6.20 Å². The van der Waals surface area contributed by atoms with E-state index < -0.39 is 0 Å². The van der Waals surface area contributed by atoms with Gasteiger partial charge in [-0.3, -0.25) is 4.79 Å². The van der Waals surface area contributed by atoms with Crippen LogP contribution in [-0.2, 0) is 0 Å². The molecule has 1 amide bonds. The SMILES string of the molecule is CN1CCN(C(=O)c2cnon2)CC1. The third-order valence-corrected chi connectivity index (χ3v) is 2.37. The lowest BCUT2D eigenvalue weighted by Gasteiger charge is -2.31. The van der Waals surface area contributed by atoms with Crippen LogP contribution in [0.15, 0.2) is 10.8 Å². The smallest absolute Gasteiger partial charge is 0.277 e. The molecule has 14 heavy (non-hydrogen) atoms. The Kier molecular flexibility index (Phi) is 2.45. The fraction of sp³-hybridized carbons (Fsp3) is 0.625. The van der Waals surface area contributed by atoms with E-state index in [0.29, 0.717) is 0 Å². The van der Waals surface area contributed by atoms with E-state index in [9.17, 15) is 4.79 Å². The average Bonchev–Trinajstić information content (AvgIpc) is 2.71. The first-order valence-corrected chi connectivity index (χ1v) is 4.53. The normalized spacial score (nSPS) is 18.5. The molecule has 6 nitrogen and oxygen atoms in total. The molecule has 0 aliphatic carbocycles. The zero-order valence-electron chi connectivity index (χ0n) is 8.01. The van der Waals surface area contributed by atoms with Crippen LogP contribution in [0.1, 0.15) is 10.5 Å². The summed E-state index contributed by atoms with van der Waals surface area (Å²) in [6, 6.07) is 0. The van der Waals surface area contributed by atoms with Crippen LogP contribution in [0, 0.1) is 0 Å². The largest absolute Gasteiger partial charge is 0.335 e. The van der Waals surface area contributed by atoms with Crippen molar-refractivity contribution in [3.05, 3.63) is 11.9 Å². The summed E-state index contributed by atoms with van der Waals surface area (Å²) in [5, 5.41) is 6.93. The van der Waals surface area contributed by atoms with Crippen LogP contribution in [0.2, 0.25) is 0 Å². The Hall–Kier alpha value is -1.43. The van der Waals surface area contributed by atoms with E-state index in [-0.39, 0.29) is 11.6 Å². The van der Waals surface area contributed by atoms with Gasteiger partial charge in [0.05, 0.1) is 0 Å². The number of amides is 1. The summed E-state index contributed by atoms with van der Waals surface area (Å²) in [7, 11) is 2.04. The second-order valence-electron chi connectivity index (χ2n) is 3.39. The van der Waals surface area contributed by atoms with Gasteiger partial charge in [0.1, 0.15) is 6.20 Å². The highest BCUT2D eigenvalue weighted by Crippen LogP contribution is 2.04. The Balaban J connectivity index is 1.99. The zero-order chi connectivity index (χ0) is 9.97. The molecule has 0 saturated carbocycles. The molecule has 1 saturated heterocycles. The van der Waals surface area contributed by atoms with Gasteiger partial charge >= 0.3 is 0 Å². The summed E-state index contributed by atoms with van der Waals surface area (Å²) in [6.45, 7) is 3.28. The molecule has 0 aromatic carbocycles. The first-order chi connectivity index (χ1) is 6.77. The maximum Gasteiger partial charge on any atom is 0.277 e. The van der Waals surface area contributed by atoms with Gasteiger partial charge in [0, 0.05) is 26.2 Å². The number of piperazine rings is 1. The molecule has 1 fully saturated rings. The van der Waals surface area contributed by atoms with Crippen LogP contribution in [0.3, 0.4) is 0 Å². The number of carbonyl (C=O) groups excluding carboxylic acids is 1. The molecule has 2 heterocycles. The standard InChI is InChI=1S/C8H12N4O2/c1-11-2-4-12(5-3-11)8(13)7-6-9-14-10-7/h6H,2-5H2,1H3. The maximum atomic E-state index is 11.7. The Morgan fingerprint density at radius 1 is 1.43 bits per heavy atom. The van der Waals surface area contributed by atoms with Crippen molar-refractivity contribution in [2.45, 2.75) is 0 Å². The van der Waals surface area contributed by atoms with Crippen LogP contribution >= 0.6 is 0 Å². The van der Waals surface area contributed by atoms with Gasteiger partial charge < -0.3 is 9.80 Å². The lowest BCUT2D eigenvalue weighted by atomic mass is 10.3. The summed E-state index contributed by atoms with van der Waals surface area (Å²) < 4.78 is 4.39. The van der Waals surface area contributed by atoms with E-state index >= 15 is 0 Å². The van der Waals surface area contributed by atoms with Crippen molar-refractivity contribution in [1.82, 2.24) is 20.1 Å². The van der Waals surface area contributed by atoms with Gasteiger partial charge in [0.2, 0.25) is 0 Å². The van der Waals surface area contributed by atoms with Gasteiger partial charge in [-0.25, -0.2) is 4.63 Å². The Bertz CT molecular complexity index is 303. The van der Waals surface area contributed by atoms with Crippen molar-refractivity contribution in [2.75, 3.05) is 33.2 Å². The molecule has 0 N–H and O–H groups in total. The van der Waals surface area contributed by atoms with Crippen molar-refractivity contribution in [3.63, 3.8) is 0 Å². The number of hydrogen-bond donors (Lipinski definition) is 0. The first-order valence-electron chi connectivity index (χ1n) is 4.53. The summed E-state index contributed by atoms with van der Waals surface area (Å²) in [4.78, 5) is 15.7. The van der Waals surface area contributed by atoms with E-state index in [1.54, 1.807) is 4.90 Å². The minimum absolute atomic E-state index is 0.0978. The molecule has 0 radical (unpaired) electrons. The predicted molar refractivity (Wildman–Crippen MR) is 47.7 cm³/mol. The zero-order valence-corrected chi connectivity index (χ0v) is 8.01. The van der Waals surface area contributed by atoms with E-state index in [2.05, 4.69) is 19.8 Å². The molecular formula is C8H12N4O2. The Morgan fingerprint density at radius 2 is 2.14 bits per heavy atom. The summed E-state index contributed by atoms with van der Waals surface area (Å²) in [5.74, 6) is -0.0978. The van der Waals surface area contributed by atoms with Crippen molar-refractivity contribution < 1.29 is 9.42 Å². The van der Waals surface area contributed by atoms with Crippen molar-refractivity contribution in [1.29, 1.82) is 0 Å². The summed E-state index contributed by atoms with van der Waals surface area (Å²) in [6.07, 6.45) is 1.35. The molecule has 6 heteroatoms. The number of likely N-dealkylation sites (N-methyl/N-ethyl adjacent to an activating group) is 1. The number of nitrogens with zero attached hydrogens (tertiary/aromatic N) is 4. The van der Waals surface area contributed by atoms with Gasteiger partial charge in [-0.15, -0.1) is 0 Å². The quantitative estimate of drug-likeness (QED) is 0.603. The molecule has 0 bridgehead atoms. The van der Waals surface area contributed by atoms with E-state index in [0.717, 1.165) is 26.2 Å². The fourth-order valence-corrected chi connectivity index (χ4v) is 1.43. The van der Waals surface area contributed by atoms with E-state index in [1.807, 2.05) is 7.05 Å². The van der Waals surface area contributed by atoms with Crippen LogP contribution < -0.4 is 0 Å². The van der Waals surface area contributed by atoms with Gasteiger partial charge in [-0.05, 0) is 12.2 Å². The van der Waals surface area contributed by atoms with Crippen LogP contribution in [-0.4, -0.2) is 59.2 Å². The lowest BCUT2D eigenvalue weighted by Crippen LogP contribution is -2.47. The molecular weight excluding hydrogens is 184 g/mol. The highest BCUT2D eigenvalue weighted by molar-refractivity contribution is 5.91. The highest BCUT2D eigenvalue weighted by Gasteiger charge is 2.22. The summed E-state index contributed by atoms with van der Waals surface area (Å²) in [5.41, 5.74) is 0.287. The maximum absolute atomic E-state index is 11.7. The number of aromatic nitrogens is 2. The number of carbonyl (C=O) groups is 1. The minimum Gasteiger partial charge on any atom is -0.335 e. The molecule has 1 aromatic heterocycles. The monoisotopic (exact) mass is 196 g/mol. The lowest BCUT2D eigenvalue weighted by molar-refractivity contribution is 0.0653. The van der Waals surface area contributed by atoms with Crippen LogP contribution in [0.4, 0.5) is 0 Å². The third-order valence-electron chi connectivity index (χ3n) is 2.37. The van der Waals surface area contributed by atoms with Gasteiger partial charge in [0.15, 0.2) is 5.69 Å². The van der Waals surface area contributed by atoms with Crippen LogP contribution in [0.5, 0.6) is 0 Å². The topological polar surface area (TPSA) is 62.5 Å². The van der Waals surface area contributed by atoms with Gasteiger partial charge in [0.25, 0.3) is 5.91 Å². The van der Waals surface area contributed by atoms with Gasteiger partial charge in [-0.1, -0.05) is 5.16 Å². The summed E-state index contributed by atoms with van der Waals surface area (Å²) >= 11 is 0. The molecule has 1 aliphatic rings. The molecule has 76 valence electrons. The predicted octanol–water partition coefficient (Wildman–Crippen LogP) is -0.543. The molecule has 1 aromatic rings. The van der Waals surface area contributed by atoms with E-state index in [4.69, 9.17) is 0 Å². The Labute approximate surface area is 81.4 Å². The molecule has 1 aliphatic heterocycles. The van der Waals surface area contributed by atoms with Crippen molar-refractivity contribution >= 4 is 5.91 Å². The number of rotatable bonds is 1. The first kappa shape index (κ1) is 9.14.